The fraction of sp³-hybridized carbons (Fsp3) is 0.923. The first-order valence-corrected chi connectivity index (χ1v) is 6.49. The molecule has 1 N–H and O–H groups in total. The molecule has 0 saturated heterocycles. The second kappa shape index (κ2) is 5.67. The standard InChI is InChI=1S/C13H24O3/c1-4-10-8-7-9-11(10)13(15,5-2)12(14)16-6-3/h10-11,15H,4-9H2,1-3H3. The van der Waals surface area contributed by atoms with Crippen LogP contribution in [-0.4, -0.2) is 23.3 Å². The minimum atomic E-state index is -1.26. The second-order valence-electron chi connectivity index (χ2n) is 4.70. The van der Waals surface area contributed by atoms with E-state index in [0.29, 0.717) is 18.9 Å². The Hall–Kier alpha value is -0.570. The van der Waals surface area contributed by atoms with E-state index < -0.39 is 11.6 Å². The maximum atomic E-state index is 11.9. The molecule has 1 fully saturated rings. The Morgan fingerprint density at radius 2 is 2.06 bits per heavy atom. The van der Waals surface area contributed by atoms with Gasteiger partial charge in [-0.05, 0) is 25.7 Å². The summed E-state index contributed by atoms with van der Waals surface area (Å²) in [7, 11) is 0. The second-order valence-corrected chi connectivity index (χ2v) is 4.70. The molecule has 16 heavy (non-hydrogen) atoms. The molecule has 1 aliphatic rings. The number of hydrogen-bond donors (Lipinski definition) is 1. The highest BCUT2D eigenvalue weighted by Gasteiger charge is 2.48. The molecule has 0 aromatic rings. The quantitative estimate of drug-likeness (QED) is 0.735. The molecule has 0 spiro atoms. The van der Waals surface area contributed by atoms with Gasteiger partial charge in [0.15, 0.2) is 5.60 Å². The predicted molar refractivity (Wildman–Crippen MR) is 63.0 cm³/mol. The summed E-state index contributed by atoms with van der Waals surface area (Å²) in [6.07, 6.45) is 4.68. The van der Waals surface area contributed by atoms with E-state index >= 15 is 0 Å². The van der Waals surface area contributed by atoms with Crippen LogP contribution in [0.3, 0.4) is 0 Å². The van der Waals surface area contributed by atoms with Crippen LogP contribution in [0.2, 0.25) is 0 Å². The average Bonchev–Trinajstić information content (AvgIpc) is 2.76. The molecule has 1 aliphatic carbocycles. The molecule has 3 unspecified atom stereocenters. The number of esters is 1. The van der Waals surface area contributed by atoms with Crippen LogP contribution in [0.5, 0.6) is 0 Å². The first kappa shape index (κ1) is 13.5. The van der Waals surface area contributed by atoms with E-state index in [2.05, 4.69) is 6.92 Å². The third-order valence-corrected chi connectivity index (χ3v) is 3.96. The van der Waals surface area contributed by atoms with Gasteiger partial charge in [0.1, 0.15) is 0 Å². The summed E-state index contributed by atoms with van der Waals surface area (Å²) < 4.78 is 5.01. The van der Waals surface area contributed by atoms with E-state index in [0.717, 1.165) is 25.7 Å². The molecule has 94 valence electrons. The van der Waals surface area contributed by atoms with Gasteiger partial charge >= 0.3 is 5.97 Å². The minimum Gasteiger partial charge on any atom is -0.464 e. The minimum absolute atomic E-state index is 0.0848. The molecule has 1 rings (SSSR count). The summed E-state index contributed by atoms with van der Waals surface area (Å²) in [6, 6.07) is 0. The van der Waals surface area contributed by atoms with Gasteiger partial charge in [0, 0.05) is 5.92 Å². The van der Waals surface area contributed by atoms with Crippen molar-refractivity contribution in [2.45, 2.75) is 58.5 Å². The lowest BCUT2D eigenvalue weighted by atomic mass is 9.77. The van der Waals surface area contributed by atoms with Gasteiger partial charge in [-0.15, -0.1) is 0 Å². The zero-order valence-corrected chi connectivity index (χ0v) is 10.7. The van der Waals surface area contributed by atoms with Gasteiger partial charge in [-0.3, -0.25) is 0 Å². The summed E-state index contributed by atoms with van der Waals surface area (Å²) in [4.78, 5) is 11.9. The van der Waals surface area contributed by atoms with Crippen LogP contribution < -0.4 is 0 Å². The van der Waals surface area contributed by atoms with E-state index in [4.69, 9.17) is 4.74 Å². The lowest BCUT2D eigenvalue weighted by Crippen LogP contribution is -2.47. The molecular formula is C13H24O3. The normalized spacial score (nSPS) is 28.8. The van der Waals surface area contributed by atoms with Crippen LogP contribution >= 0.6 is 0 Å². The Balaban J connectivity index is 2.81. The Labute approximate surface area is 98.2 Å². The van der Waals surface area contributed by atoms with Gasteiger partial charge in [-0.2, -0.15) is 0 Å². The highest BCUT2D eigenvalue weighted by Crippen LogP contribution is 2.42. The average molecular weight is 228 g/mol. The zero-order valence-electron chi connectivity index (χ0n) is 10.7. The van der Waals surface area contributed by atoms with Crippen molar-refractivity contribution in [3.63, 3.8) is 0 Å². The lowest BCUT2D eigenvalue weighted by Gasteiger charge is -2.34. The van der Waals surface area contributed by atoms with Crippen LogP contribution in [-0.2, 0) is 9.53 Å². The first-order valence-electron chi connectivity index (χ1n) is 6.49. The molecular weight excluding hydrogens is 204 g/mol. The molecule has 3 heteroatoms. The molecule has 0 bridgehead atoms. The molecule has 0 aromatic heterocycles. The summed E-state index contributed by atoms with van der Waals surface area (Å²) in [5, 5.41) is 10.5. The maximum absolute atomic E-state index is 11.9. The molecule has 3 nitrogen and oxygen atoms in total. The summed E-state index contributed by atoms with van der Waals surface area (Å²) in [5.41, 5.74) is -1.26. The fourth-order valence-electron chi connectivity index (χ4n) is 2.97. The maximum Gasteiger partial charge on any atom is 0.338 e. The van der Waals surface area contributed by atoms with Crippen LogP contribution in [0.1, 0.15) is 52.9 Å². The van der Waals surface area contributed by atoms with Crippen molar-refractivity contribution < 1.29 is 14.6 Å². The molecule has 0 amide bonds. The van der Waals surface area contributed by atoms with Crippen LogP contribution in [0, 0.1) is 11.8 Å². The molecule has 3 atom stereocenters. The Kier molecular flexibility index (Phi) is 4.78. The Morgan fingerprint density at radius 1 is 1.38 bits per heavy atom. The van der Waals surface area contributed by atoms with E-state index in [9.17, 15) is 9.90 Å². The number of carbonyl (C=O) groups is 1. The van der Waals surface area contributed by atoms with Crippen LogP contribution in [0.15, 0.2) is 0 Å². The summed E-state index contributed by atoms with van der Waals surface area (Å²) in [5.74, 6) is 0.124. The lowest BCUT2D eigenvalue weighted by molar-refractivity contribution is -0.174. The fourth-order valence-corrected chi connectivity index (χ4v) is 2.97. The van der Waals surface area contributed by atoms with Gasteiger partial charge in [0.05, 0.1) is 6.61 Å². The first-order chi connectivity index (χ1) is 7.60. The van der Waals surface area contributed by atoms with Gasteiger partial charge in [-0.25, -0.2) is 4.79 Å². The van der Waals surface area contributed by atoms with Crippen molar-refractivity contribution in [2.24, 2.45) is 11.8 Å². The Morgan fingerprint density at radius 3 is 2.56 bits per heavy atom. The summed E-state index contributed by atoms with van der Waals surface area (Å²) >= 11 is 0. The van der Waals surface area contributed by atoms with Crippen molar-refractivity contribution in [3.8, 4) is 0 Å². The molecule has 0 radical (unpaired) electrons. The SMILES string of the molecule is CCOC(=O)C(O)(CC)C1CCCC1CC. The molecule has 0 heterocycles. The number of ether oxygens (including phenoxy) is 1. The van der Waals surface area contributed by atoms with Crippen LogP contribution in [0.25, 0.3) is 0 Å². The molecule has 0 aromatic carbocycles. The van der Waals surface area contributed by atoms with Crippen molar-refractivity contribution in [1.82, 2.24) is 0 Å². The smallest absolute Gasteiger partial charge is 0.338 e. The van der Waals surface area contributed by atoms with Crippen LogP contribution in [0.4, 0.5) is 0 Å². The van der Waals surface area contributed by atoms with E-state index in [1.165, 1.54) is 0 Å². The van der Waals surface area contributed by atoms with Gasteiger partial charge in [0.2, 0.25) is 0 Å². The van der Waals surface area contributed by atoms with Gasteiger partial charge in [-0.1, -0.05) is 33.1 Å². The van der Waals surface area contributed by atoms with Gasteiger partial charge in [0.25, 0.3) is 0 Å². The summed E-state index contributed by atoms with van der Waals surface area (Å²) in [6.45, 7) is 6.11. The van der Waals surface area contributed by atoms with Crippen molar-refractivity contribution >= 4 is 5.97 Å². The van der Waals surface area contributed by atoms with Gasteiger partial charge < -0.3 is 9.84 Å². The van der Waals surface area contributed by atoms with Crippen molar-refractivity contribution in [1.29, 1.82) is 0 Å². The number of rotatable bonds is 5. The highest BCUT2D eigenvalue weighted by molar-refractivity contribution is 5.79. The highest BCUT2D eigenvalue weighted by atomic mass is 16.5. The third kappa shape index (κ3) is 2.40. The Bertz CT molecular complexity index is 239. The molecule has 1 saturated carbocycles. The third-order valence-electron chi connectivity index (χ3n) is 3.96. The number of carbonyl (C=O) groups excluding carboxylic acids is 1. The molecule has 0 aliphatic heterocycles. The van der Waals surface area contributed by atoms with E-state index in [-0.39, 0.29) is 5.92 Å². The largest absolute Gasteiger partial charge is 0.464 e. The van der Waals surface area contributed by atoms with E-state index in [1.54, 1.807) is 6.92 Å². The monoisotopic (exact) mass is 228 g/mol. The zero-order chi connectivity index (χ0) is 12.2. The van der Waals surface area contributed by atoms with Crippen molar-refractivity contribution in [3.05, 3.63) is 0 Å². The topological polar surface area (TPSA) is 46.5 Å². The number of hydrogen-bond acceptors (Lipinski definition) is 3. The predicted octanol–water partition coefficient (Wildman–Crippen LogP) is 2.52. The van der Waals surface area contributed by atoms with Crippen molar-refractivity contribution in [2.75, 3.05) is 6.61 Å². The number of aliphatic hydroxyl groups is 1. The van der Waals surface area contributed by atoms with E-state index in [1.807, 2.05) is 6.92 Å².